The zero-order valence-electron chi connectivity index (χ0n) is 15.0. The summed E-state index contributed by atoms with van der Waals surface area (Å²) in [5.74, 6) is -1.03. The van der Waals surface area contributed by atoms with Crippen LogP contribution in [0.1, 0.15) is 18.7 Å². The van der Waals surface area contributed by atoms with Gasteiger partial charge in [-0.2, -0.15) is 0 Å². The van der Waals surface area contributed by atoms with Gasteiger partial charge in [-0.05, 0) is 44.2 Å². The Morgan fingerprint density at radius 1 is 1.18 bits per heavy atom. The van der Waals surface area contributed by atoms with Crippen molar-refractivity contribution in [1.29, 1.82) is 0 Å². The molecule has 0 spiro atoms. The Labute approximate surface area is 175 Å². The summed E-state index contributed by atoms with van der Waals surface area (Å²) in [5, 5.41) is 10.2. The molecule has 2 aromatic carbocycles. The number of carboxylic acid groups (broad SMARTS) is 1. The van der Waals surface area contributed by atoms with E-state index in [1.54, 1.807) is 24.3 Å². The van der Waals surface area contributed by atoms with Crippen molar-refractivity contribution >= 4 is 40.5 Å². The van der Waals surface area contributed by atoms with Crippen LogP contribution in [0.2, 0.25) is 10.0 Å². The number of ether oxygens (including phenoxy) is 1. The largest absolute Gasteiger partial charge is 0.489 e. The molecule has 0 fully saturated rings. The Kier molecular flexibility index (Phi) is 6.23. The van der Waals surface area contributed by atoms with Crippen molar-refractivity contribution in [3.63, 3.8) is 0 Å². The third-order valence-corrected chi connectivity index (χ3v) is 5.45. The highest BCUT2D eigenvalue weighted by Gasteiger charge is 2.18. The third-order valence-electron chi connectivity index (χ3n) is 3.74. The number of hydrogen-bond acceptors (Lipinski definition) is 4. The van der Waals surface area contributed by atoms with Crippen LogP contribution in [0.3, 0.4) is 0 Å². The standard InChI is InChI=1S/C20H16Cl2FNO3S/c1-10(2)27-16-6-4-12(7-14(16)22)20-24-19(17(28-20)9-18(25)26)11-3-5-13(21)15(23)8-11/h3-8,10H,9H2,1-2H3,(H,25,26). The second-order valence-corrected chi connectivity index (χ2v) is 8.20. The van der Waals surface area contributed by atoms with Gasteiger partial charge in [0.2, 0.25) is 0 Å². The number of hydrogen-bond donors (Lipinski definition) is 1. The zero-order valence-corrected chi connectivity index (χ0v) is 17.3. The molecule has 146 valence electrons. The van der Waals surface area contributed by atoms with Crippen LogP contribution >= 0.6 is 34.5 Å². The monoisotopic (exact) mass is 439 g/mol. The number of nitrogens with zero attached hydrogens (tertiary/aromatic N) is 1. The van der Waals surface area contributed by atoms with Crippen molar-refractivity contribution in [3.05, 3.63) is 57.1 Å². The van der Waals surface area contributed by atoms with E-state index in [0.29, 0.717) is 31.9 Å². The number of rotatable bonds is 6. The number of carboxylic acids is 1. The van der Waals surface area contributed by atoms with Gasteiger partial charge in [0, 0.05) is 16.0 Å². The molecule has 0 saturated carbocycles. The van der Waals surface area contributed by atoms with Crippen molar-refractivity contribution in [3.8, 4) is 27.6 Å². The second kappa shape index (κ2) is 8.47. The van der Waals surface area contributed by atoms with E-state index < -0.39 is 11.8 Å². The first-order chi connectivity index (χ1) is 13.2. The number of carbonyl (C=O) groups is 1. The van der Waals surface area contributed by atoms with Crippen LogP contribution in [0.4, 0.5) is 4.39 Å². The number of aromatic nitrogens is 1. The summed E-state index contributed by atoms with van der Waals surface area (Å²) in [6.07, 6.45) is -0.240. The molecule has 0 atom stereocenters. The lowest BCUT2D eigenvalue weighted by molar-refractivity contribution is -0.136. The van der Waals surface area contributed by atoms with Crippen molar-refractivity contribution < 1.29 is 19.0 Å². The lowest BCUT2D eigenvalue weighted by Gasteiger charge is -2.11. The van der Waals surface area contributed by atoms with E-state index in [1.165, 1.54) is 23.5 Å². The molecule has 3 rings (SSSR count). The van der Waals surface area contributed by atoms with Gasteiger partial charge in [0.25, 0.3) is 0 Å². The van der Waals surface area contributed by atoms with Crippen molar-refractivity contribution in [2.45, 2.75) is 26.4 Å². The van der Waals surface area contributed by atoms with E-state index in [0.717, 1.165) is 5.56 Å². The first-order valence-corrected chi connectivity index (χ1v) is 9.95. The molecule has 0 radical (unpaired) electrons. The number of thiazole rings is 1. The molecule has 1 aromatic heterocycles. The average molecular weight is 440 g/mol. The fraction of sp³-hybridized carbons (Fsp3) is 0.200. The highest BCUT2D eigenvalue weighted by molar-refractivity contribution is 7.15. The van der Waals surface area contributed by atoms with Crippen molar-refractivity contribution in [2.75, 3.05) is 0 Å². The average Bonchev–Trinajstić information content (AvgIpc) is 3.02. The molecule has 4 nitrogen and oxygen atoms in total. The Balaban J connectivity index is 2.05. The van der Waals surface area contributed by atoms with Gasteiger partial charge in [-0.1, -0.05) is 29.3 Å². The first-order valence-electron chi connectivity index (χ1n) is 8.38. The highest BCUT2D eigenvalue weighted by atomic mass is 35.5. The summed E-state index contributed by atoms with van der Waals surface area (Å²) in [4.78, 5) is 16.3. The van der Waals surface area contributed by atoms with Gasteiger partial charge in [-0.25, -0.2) is 9.37 Å². The lowest BCUT2D eigenvalue weighted by Crippen LogP contribution is -2.05. The summed E-state index contributed by atoms with van der Waals surface area (Å²) < 4.78 is 19.5. The maximum absolute atomic E-state index is 13.9. The normalized spacial score (nSPS) is 11.1. The van der Waals surface area contributed by atoms with Crippen LogP contribution < -0.4 is 4.74 Å². The van der Waals surface area contributed by atoms with Crippen molar-refractivity contribution in [1.82, 2.24) is 4.98 Å². The van der Waals surface area contributed by atoms with E-state index in [2.05, 4.69) is 4.98 Å². The summed E-state index contributed by atoms with van der Waals surface area (Å²) in [7, 11) is 0. The molecular weight excluding hydrogens is 424 g/mol. The van der Waals surface area contributed by atoms with Crippen LogP contribution in [-0.2, 0) is 11.2 Å². The molecule has 0 amide bonds. The Morgan fingerprint density at radius 2 is 1.89 bits per heavy atom. The van der Waals surface area contributed by atoms with Crippen LogP contribution in [0, 0.1) is 5.82 Å². The summed E-state index contributed by atoms with van der Waals surface area (Å²) >= 11 is 13.3. The minimum atomic E-state index is -0.996. The molecule has 0 unspecified atom stereocenters. The molecule has 28 heavy (non-hydrogen) atoms. The van der Waals surface area contributed by atoms with E-state index in [1.807, 2.05) is 13.8 Å². The smallest absolute Gasteiger partial charge is 0.308 e. The SMILES string of the molecule is CC(C)Oc1ccc(-c2nc(-c3ccc(Cl)c(F)c3)c(CC(=O)O)s2)cc1Cl. The Bertz CT molecular complexity index is 1040. The van der Waals surface area contributed by atoms with E-state index in [-0.39, 0.29) is 17.5 Å². The topological polar surface area (TPSA) is 59.4 Å². The second-order valence-electron chi connectivity index (χ2n) is 6.30. The lowest BCUT2D eigenvalue weighted by atomic mass is 10.1. The molecule has 1 heterocycles. The van der Waals surface area contributed by atoms with Crippen LogP contribution in [0.5, 0.6) is 5.75 Å². The third kappa shape index (κ3) is 4.63. The van der Waals surface area contributed by atoms with Gasteiger partial charge in [-0.15, -0.1) is 11.3 Å². The predicted molar refractivity (Wildman–Crippen MR) is 110 cm³/mol. The van der Waals surface area contributed by atoms with Gasteiger partial charge < -0.3 is 9.84 Å². The summed E-state index contributed by atoms with van der Waals surface area (Å²) in [6.45, 7) is 3.81. The minimum Gasteiger partial charge on any atom is -0.489 e. The Hall–Kier alpha value is -2.15. The Morgan fingerprint density at radius 3 is 2.50 bits per heavy atom. The van der Waals surface area contributed by atoms with Gasteiger partial charge in [0.1, 0.15) is 16.6 Å². The highest BCUT2D eigenvalue weighted by Crippen LogP contribution is 2.38. The van der Waals surface area contributed by atoms with E-state index in [4.69, 9.17) is 27.9 Å². The molecule has 0 aliphatic rings. The van der Waals surface area contributed by atoms with Crippen LogP contribution in [0.15, 0.2) is 36.4 Å². The van der Waals surface area contributed by atoms with Gasteiger partial charge in [0.05, 0.1) is 28.3 Å². The van der Waals surface area contributed by atoms with E-state index >= 15 is 0 Å². The molecule has 0 aliphatic carbocycles. The molecule has 0 saturated heterocycles. The quantitative estimate of drug-likeness (QED) is 0.486. The number of benzene rings is 2. The summed E-state index contributed by atoms with van der Waals surface area (Å²) in [6, 6.07) is 9.55. The van der Waals surface area contributed by atoms with Gasteiger partial charge in [0.15, 0.2) is 0 Å². The minimum absolute atomic E-state index is 0.00786. The van der Waals surface area contributed by atoms with Crippen LogP contribution in [-0.4, -0.2) is 22.2 Å². The van der Waals surface area contributed by atoms with Crippen molar-refractivity contribution in [2.24, 2.45) is 0 Å². The fourth-order valence-corrected chi connectivity index (χ4v) is 4.00. The number of halogens is 3. The maximum atomic E-state index is 13.9. The predicted octanol–water partition coefficient (Wildman–Crippen LogP) is 6.34. The summed E-state index contributed by atoms with van der Waals surface area (Å²) in [5.41, 5.74) is 1.60. The first kappa shape index (κ1) is 20.6. The fourth-order valence-electron chi connectivity index (χ4n) is 2.58. The zero-order chi connectivity index (χ0) is 20.4. The molecule has 0 bridgehead atoms. The van der Waals surface area contributed by atoms with Crippen LogP contribution in [0.25, 0.3) is 21.8 Å². The molecule has 0 aliphatic heterocycles. The maximum Gasteiger partial charge on any atom is 0.308 e. The van der Waals surface area contributed by atoms with Gasteiger partial charge in [-0.3, -0.25) is 4.79 Å². The molecule has 1 N–H and O–H groups in total. The molecule has 8 heteroatoms. The van der Waals surface area contributed by atoms with E-state index in [9.17, 15) is 14.3 Å². The number of aliphatic carboxylic acids is 1. The van der Waals surface area contributed by atoms with Gasteiger partial charge >= 0.3 is 5.97 Å². The molecule has 3 aromatic rings. The molecular formula is C20H16Cl2FNO3S.